The second-order valence-corrected chi connectivity index (χ2v) is 7.83. The second-order valence-electron chi connectivity index (χ2n) is 7.83. The highest BCUT2D eigenvalue weighted by molar-refractivity contribution is 6.06. The summed E-state index contributed by atoms with van der Waals surface area (Å²) in [6, 6.07) is 7.60. The third kappa shape index (κ3) is 3.55. The molecule has 2 aliphatic heterocycles. The number of nitrogens with one attached hydrogen (secondary N) is 2. The minimum Gasteiger partial charge on any atom is -0.379 e. The van der Waals surface area contributed by atoms with Gasteiger partial charge in [0.2, 0.25) is 5.91 Å². The predicted octanol–water partition coefficient (Wildman–Crippen LogP) is 1.18. The van der Waals surface area contributed by atoms with E-state index in [-0.39, 0.29) is 11.8 Å². The SMILES string of the molecule is Cc1c(C(=O)NCCN2CCOCC2)cn2ncnc(C3C(=O)Nc4ccccc43)c12. The van der Waals surface area contributed by atoms with Crippen LogP contribution in [-0.4, -0.2) is 70.7 Å². The molecule has 0 spiro atoms. The lowest BCUT2D eigenvalue weighted by molar-refractivity contribution is -0.116. The molecule has 4 heterocycles. The molecule has 0 aliphatic carbocycles. The molecule has 3 aromatic rings. The molecule has 0 bridgehead atoms. The average Bonchev–Trinajstić information content (AvgIpc) is 3.30. The van der Waals surface area contributed by atoms with Gasteiger partial charge >= 0.3 is 0 Å². The zero-order valence-electron chi connectivity index (χ0n) is 17.3. The van der Waals surface area contributed by atoms with Crippen molar-refractivity contribution in [2.24, 2.45) is 0 Å². The summed E-state index contributed by atoms with van der Waals surface area (Å²) in [6.07, 6.45) is 3.13. The van der Waals surface area contributed by atoms with Crippen LogP contribution in [0.15, 0.2) is 36.8 Å². The maximum Gasteiger partial charge on any atom is 0.253 e. The summed E-state index contributed by atoms with van der Waals surface area (Å²) in [5.41, 5.74) is 4.26. The molecule has 2 N–H and O–H groups in total. The molecule has 5 rings (SSSR count). The monoisotopic (exact) mass is 420 g/mol. The van der Waals surface area contributed by atoms with Crippen molar-refractivity contribution < 1.29 is 14.3 Å². The van der Waals surface area contributed by atoms with Crippen LogP contribution in [0.2, 0.25) is 0 Å². The molecule has 0 radical (unpaired) electrons. The zero-order valence-corrected chi connectivity index (χ0v) is 17.3. The number of benzene rings is 1. The van der Waals surface area contributed by atoms with Crippen LogP contribution in [0.5, 0.6) is 0 Å². The highest BCUT2D eigenvalue weighted by atomic mass is 16.5. The van der Waals surface area contributed by atoms with E-state index in [1.54, 1.807) is 10.7 Å². The van der Waals surface area contributed by atoms with E-state index in [4.69, 9.17) is 4.74 Å². The maximum atomic E-state index is 12.9. The summed E-state index contributed by atoms with van der Waals surface area (Å²) in [7, 11) is 0. The number of hydrogen-bond acceptors (Lipinski definition) is 6. The van der Waals surface area contributed by atoms with Crippen molar-refractivity contribution in [3.63, 3.8) is 0 Å². The minimum absolute atomic E-state index is 0.126. The molecule has 160 valence electrons. The Morgan fingerprint density at radius 1 is 1.29 bits per heavy atom. The van der Waals surface area contributed by atoms with Gasteiger partial charge in [0.1, 0.15) is 12.2 Å². The number of carbonyl (C=O) groups is 2. The Labute approximate surface area is 179 Å². The highest BCUT2D eigenvalue weighted by Crippen LogP contribution is 2.38. The zero-order chi connectivity index (χ0) is 21.4. The predicted molar refractivity (Wildman–Crippen MR) is 114 cm³/mol. The topological polar surface area (TPSA) is 101 Å². The number of aryl methyl sites for hydroxylation is 1. The number of anilines is 1. The van der Waals surface area contributed by atoms with Gasteiger partial charge in [-0.05, 0) is 24.1 Å². The molecule has 1 unspecified atom stereocenters. The van der Waals surface area contributed by atoms with Gasteiger partial charge in [-0.1, -0.05) is 18.2 Å². The Balaban J connectivity index is 1.41. The number of amides is 2. The van der Waals surface area contributed by atoms with Gasteiger partial charge in [-0.25, -0.2) is 9.50 Å². The van der Waals surface area contributed by atoms with Crippen LogP contribution >= 0.6 is 0 Å². The van der Waals surface area contributed by atoms with Crippen molar-refractivity contribution in [2.75, 3.05) is 44.7 Å². The number of hydrogen-bond donors (Lipinski definition) is 2. The second kappa shape index (κ2) is 8.09. The lowest BCUT2D eigenvalue weighted by Crippen LogP contribution is -2.41. The summed E-state index contributed by atoms with van der Waals surface area (Å²) in [5.74, 6) is -0.815. The molecular formula is C22H24N6O3. The maximum absolute atomic E-state index is 12.9. The third-order valence-electron chi connectivity index (χ3n) is 5.98. The fraction of sp³-hybridized carbons (Fsp3) is 0.364. The summed E-state index contributed by atoms with van der Waals surface area (Å²) in [6.45, 7) is 6.45. The Morgan fingerprint density at radius 2 is 2.10 bits per heavy atom. The van der Waals surface area contributed by atoms with Crippen LogP contribution in [0, 0.1) is 6.92 Å². The van der Waals surface area contributed by atoms with Gasteiger partial charge in [-0.2, -0.15) is 5.10 Å². The van der Waals surface area contributed by atoms with Gasteiger partial charge in [0.25, 0.3) is 5.91 Å². The normalized spacial score (nSPS) is 18.7. The molecular weight excluding hydrogens is 396 g/mol. The molecule has 31 heavy (non-hydrogen) atoms. The van der Waals surface area contributed by atoms with Gasteiger partial charge in [-0.3, -0.25) is 14.5 Å². The van der Waals surface area contributed by atoms with E-state index in [0.717, 1.165) is 49.7 Å². The molecule has 9 nitrogen and oxygen atoms in total. The number of para-hydroxylation sites is 1. The number of aromatic nitrogens is 3. The van der Waals surface area contributed by atoms with Crippen LogP contribution in [-0.2, 0) is 9.53 Å². The Morgan fingerprint density at radius 3 is 2.94 bits per heavy atom. The van der Waals surface area contributed by atoms with E-state index in [1.807, 2.05) is 31.2 Å². The van der Waals surface area contributed by atoms with Crippen molar-refractivity contribution in [1.82, 2.24) is 24.8 Å². The van der Waals surface area contributed by atoms with E-state index in [2.05, 4.69) is 25.6 Å². The first-order valence-electron chi connectivity index (χ1n) is 10.4. The largest absolute Gasteiger partial charge is 0.379 e. The van der Waals surface area contributed by atoms with Crippen molar-refractivity contribution >= 4 is 23.0 Å². The number of morpholine rings is 1. The summed E-state index contributed by atoms with van der Waals surface area (Å²) >= 11 is 0. The first kappa shape index (κ1) is 19.7. The van der Waals surface area contributed by atoms with Gasteiger partial charge in [0, 0.05) is 38.1 Å². The quantitative estimate of drug-likeness (QED) is 0.643. The number of fused-ring (bicyclic) bond motifs is 2. The number of nitrogens with zero attached hydrogens (tertiary/aromatic N) is 4. The smallest absolute Gasteiger partial charge is 0.253 e. The summed E-state index contributed by atoms with van der Waals surface area (Å²) < 4.78 is 7.00. The van der Waals surface area contributed by atoms with Crippen molar-refractivity contribution in [3.8, 4) is 0 Å². The van der Waals surface area contributed by atoms with E-state index in [1.165, 1.54) is 6.33 Å². The number of rotatable bonds is 5. The van der Waals surface area contributed by atoms with E-state index >= 15 is 0 Å². The Kier molecular flexibility index (Phi) is 5.13. The fourth-order valence-electron chi connectivity index (χ4n) is 4.36. The van der Waals surface area contributed by atoms with Crippen molar-refractivity contribution in [1.29, 1.82) is 0 Å². The van der Waals surface area contributed by atoms with Crippen LogP contribution in [0.4, 0.5) is 5.69 Å². The summed E-state index contributed by atoms with van der Waals surface area (Å²) in [4.78, 5) is 32.3. The van der Waals surface area contributed by atoms with Crippen molar-refractivity contribution in [3.05, 3.63) is 59.2 Å². The summed E-state index contributed by atoms with van der Waals surface area (Å²) in [5, 5.41) is 10.2. The standard InChI is InChI=1S/C22H24N6O3/c1-14-16(21(29)23-6-7-27-8-10-31-11-9-27)12-28-20(14)19(24-13-25-28)18-15-4-2-3-5-17(15)26-22(18)30/h2-5,12-13,18H,6-11H2,1H3,(H,23,29)(H,26,30). The molecule has 1 fully saturated rings. The first-order chi connectivity index (χ1) is 15.1. The lowest BCUT2D eigenvalue weighted by Gasteiger charge is -2.26. The van der Waals surface area contributed by atoms with Gasteiger partial charge in [0.05, 0.1) is 30.0 Å². The molecule has 2 amide bonds. The van der Waals surface area contributed by atoms with Crippen LogP contribution < -0.4 is 10.6 Å². The van der Waals surface area contributed by atoms with E-state index in [9.17, 15) is 9.59 Å². The van der Waals surface area contributed by atoms with Gasteiger partial charge in [0.15, 0.2) is 0 Å². The Hall–Kier alpha value is -3.30. The minimum atomic E-state index is -0.535. The van der Waals surface area contributed by atoms with Crippen LogP contribution in [0.25, 0.3) is 5.52 Å². The van der Waals surface area contributed by atoms with Crippen LogP contribution in [0.3, 0.4) is 0 Å². The van der Waals surface area contributed by atoms with Crippen molar-refractivity contribution in [2.45, 2.75) is 12.8 Å². The number of carbonyl (C=O) groups excluding carboxylic acids is 2. The molecule has 2 aromatic heterocycles. The third-order valence-corrected chi connectivity index (χ3v) is 5.98. The highest BCUT2D eigenvalue weighted by Gasteiger charge is 2.35. The first-order valence-corrected chi connectivity index (χ1v) is 10.4. The molecule has 2 aliphatic rings. The van der Waals surface area contributed by atoms with E-state index < -0.39 is 5.92 Å². The molecule has 1 saturated heterocycles. The van der Waals surface area contributed by atoms with Gasteiger partial charge in [-0.15, -0.1) is 0 Å². The molecule has 0 saturated carbocycles. The van der Waals surface area contributed by atoms with Crippen LogP contribution in [0.1, 0.15) is 33.1 Å². The lowest BCUT2D eigenvalue weighted by atomic mass is 9.95. The Bertz CT molecular complexity index is 1150. The van der Waals surface area contributed by atoms with Gasteiger partial charge < -0.3 is 15.4 Å². The fourth-order valence-corrected chi connectivity index (χ4v) is 4.36. The molecule has 1 aromatic carbocycles. The number of ether oxygens (including phenoxy) is 1. The molecule has 1 atom stereocenters. The average molecular weight is 420 g/mol. The van der Waals surface area contributed by atoms with E-state index in [0.29, 0.717) is 23.3 Å². The molecule has 9 heteroatoms.